The number of hydrogen-bond donors (Lipinski definition) is 0. The summed E-state index contributed by atoms with van der Waals surface area (Å²) in [6.07, 6.45) is 7.01. The second-order valence-electron chi connectivity index (χ2n) is 7.71. The second-order valence-corrected chi connectivity index (χ2v) is 7.71. The molecule has 5 aliphatic rings. The van der Waals surface area contributed by atoms with E-state index in [9.17, 15) is 4.79 Å². The molecule has 1 amide bonds. The first-order chi connectivity index (χ1) is 11.2. The van der Waals surface area contributed by atoms with Crippen LogP contribution in [0, 0.1) is 5.41 Å². The summed E-state index contributed by atoms with van der Waals surface area (Å²) in [7, 11) is 0. The van der Waals surface area contributed by atoms with E-state index in [1.54, 1.807) is 0 Å². The summed E-state index contributed by atoms with van der Waals surface area (Å²) < 4.78 is 2.31. The lowest BCUT2D eigenvalue weighted by atomic mass is 9.71. The predicted molar refractivity (Wildman–Crippen MR) is 89.6 cm³/mol. The monoisotopic (exact) mass is 310 g/mol. The fourth-order valence-electron chi connectivity index (χ4n) is 4.96. The predicted octanol–water partition coefficient (Wildman–Crippen LogP) is 1.90. The van der Waals surface area contributed by atoms with Crippen LogP contribution in [-0.4, -0.2) is 65.8 Å². The molecule has 3 fully saturated rings. The van der Waals surface area contributed by atoms with Crippen molar-refractivity contribution in [2.45, 2.75) is 25.7 Å². The van der Waals surface area contributed by atoms with Gasteiger partial charge < -0.3 is 9.80 Å². The van der Waals surface area contributed by atoms with Crippen LogP contribution < -0.4 is 0 Å². The quantitative estimate of drug-likeness (QED) is 0.780. The molecule has 0 aromatic heterocycles. The Bertz CT molecular complexity index is 687. The maximum Gasteiger partial charge on any atom is 0.260 e. The van der Waals surface area contributed by atoms with Crippen LogP contribution in [0.2, 0.25) is 0 Å². The Morgan fingerprint density at radius 3 is 2.65 bits per heavy atom. The summed E-state index contributed by atoms with van der Waals surface area (Å²) in [5.41, 5.74) is 3.78. The van der Waals surface area contributed by atoms with Crippen molar-refractivity contribution in [2.75, 3.05) is 39.3 Å². The third-order valence-corrected chi connectivity index (χ3v) is 6.47. The van der Waals surface area contributed by atoms with Gasteiger partial charge in [-0.3, -0.25) is 4.79 Å². The lowest BCUT2D eigenvalue weighted by Crippen LogP contribution is -2.53. The number of piperidine rings is 3. The smallest absolute Gasteiger partial charge is 0.260 e. The zero-order valence-electron chi connectivity index (χ0n) is 13.6. The Morgan fingerprint density at radius 1 is 1.09 bits per heavy atom. The minimum atomic E-state index is 0.252. The van der Waals surface area contributed by atoms with Gasteiger partial charge in [0.2, 0.25) is 5.69 Å². The minimum absolute atomic E-state index is 0.252. The van der Waals surface area contributed by atoms with Crippen LogP contribution in [0.15, 0.2) is 18.2 Å². The van der Waals surface area contributed by atoms with E-state index >= 15 is 0 Å². The van der Waals surface area contributed by atoms with Crippen LogP contribution in [0.4, 0.5) is 5.69 Å². The fourth-order valence-corrected chi connectivity index (χ4v) is 4.96. The number of nitrogens with zero attached hydrogens (tertiary/aromatic N) is 3. The van der Waals surface area contributed by atoms with E-state index in [0.29, 0.717) is 5.41 Å². The van der Waals surface area contributed by atoms with E-state index in [4.69, 9.17) is 0 Å². The third-order valence-electron chi connectivity index (χ3n) is 6.47. The van der Waals surface area contributed by atoms with Crippen molar-refractivity contribution in [3.8, 4) is 0 Å². The molecule has 0 atom stereocenters. The number of carbonyl (C=O) groups excluding carboxylic acids is 1. The van der Waals surface area contributed by atoms with Gasteiger partial charge in [0.05, 0.1) is 13.0 Å². The molecule has 4 heteroatoms. The largest absolute Gasteiger partial charge is 0.332 e. The topological polar surface area (TPSA) is 26.6 Å². The zero-order chi connectivity index (χ0) is 15.4. The Labute approximate surface area is 137 Å². The minimum Gasteiger partial charge on any atom is -0.332 e. The molecule has 0 aliphatic carbocycles. The van der Waals surface area contributed by atoms with E-state index in [0.717, 1.165) is 31.6 Å². The van der Waals surface area contributed by atoms with Crippen LogP contribution in [-0.2, 0) is 6.42 Å². The van der Waals surface area contributed by atoms with E-state index in [-0.39, 0.29) is 5.91 Å². The van der Waals surface area contributed by atoms with Gasteiger partial charge in [0.25, 0.3) is 5.91 Å². The normalized spacial score (nSPS) is 31.8. The Kier molecular flexibility index (Phi) is 2.93. The molecule has 0 saturated carbocycles. The first-order valence-electron chi connectivity index (χ1n) is 8.98. The maximum atomic E-state index is 13.2. The van der Waals surface area contributed by atoms with Crippen LogP contribution in [0.1, 0.15) is 35.2 Å². The van der Waals surface area contributed by atoms with Gasteiger partial charge in [0.1, 0.15) is 5.56 Å². The van der Waals surface area contributed by atoms with Gasteiger partial charge >= 0.3 is 0 Å². The van der Waals surface area contributed by atoms with Crippen molar-refractivity contribution in [2.24, 2.45) is 5.41 Å². The van der Waals surface area contributed by atoms with Gasteiger partial charge in [-0.05, 0) is 50.4 Å². The van der Waals surface area contributed by atoms with Gasteiger partial charge in [-0.25, -0.2) is 0 Å². The zero-order valence-corrected chi connectivity index (χ0v) is 13.6. The molecule has 5 heterocycles. The first-order valence-corrected chi connectivity index (χ1v) is 8.98. The summed E-state index contributed by atoms with van der Waals surface area (Å²) >= 11 is 0. The molecule has 6 rings (SSSR count). The van der Waals surface area contributed by atoms with Crippen molar-refractivity contribution in [1.82, 2.24) is 9.80 Å². The van der Waals surface area contributed by atoms with Crippen molar-refractivity contribution < 1.29 is 9.37 Å². The highest BCUT2D eigenvalue weighted by Crippen LogP contribution is 2.41. The molecule has 0 spiro atoms. The molecule has 1 aromatic carbocycles. The van der Waals surface area contributed by atoms with Crippen molar-refractivity contribution in [1.29, 1.82) is 0 Å². The molecule has 5 aliphatic heterocycles. The number of hydrogen-bond acceptors (Lipinski definition) is 2. The molecule has 1 aromatic rings. The molecular formula is C19H24N3O+. The number of carbonyl (C=O) groups is 1. The van der Waals surface area contributed by atoms with E-state index in [1.165, 1.54) is 50.1 Å². The number of rotatable bonds is 2. The van der Waals surface area contributed by atoms with E-state index in [1.807, 2.05) is 12.1 Å². The van der Waals surface area contributed by atoms with Crippen LogP contribution in [0.25, 0.3) is 0 Å². The molecule has 120 valence electrons. The van der Waals surface area contributed by atoms with Gasteiger partial charge in [-0.2, -0.15) is 4.58 Å². The van der Waals surface area contributed by atoms with E-state index < -0.39 is 0 Å². The van der Waals surface area contributed by atoms with Gasteiger partial charge in [0, 0.05) is 12.1 Å². The van der Waals surface area contributed by atoms with Crippen molar-refractivity contribution in [3.05, 3.63) is 29.3 Å². The average Bonchev–Trinajstić information content (AvgIpc) is 2.97. The fraction of sp³-hybridized carbons (Fsp3) is 0.579. The molecule has 4 nitrogen and oxygen atoms in total. The maximum absolute atomic E-state index is 13.2. The van der Waals surface area contributed by atoms with Gasteiger partial charge in [-0.1, -0.05) is 12.1 Å². The summed E-state index contributed by atoms with van der Waals surface area (Å²) in [5.74, 6) is 0.252. The lowest BCUT2D eigenvalue weighted by molar-refractivity contribution is -0.431. The highest BCUT2D eigenvalue weighted by molar-refractivity contribution is 6.00. The van der Waals surface area contributed by atoms with Gasteiger partial charge in [0.15, 0.2) is 12.8 Å². The van der Waals surface area contributed by atoms with Gasteiger partial charge in [-0.15, -0.1) is 0 Å². The standard InChI is InChI=1S/C19H24N3O/c23-18-16-3-1-2-15-4-8-21(17(15)16)12-13-22(18)14-19-5-9-20(10-6-19)11-7-19/h1-3,8H,4-7,9-14H2/q+1. The van der Waals surface area contributed by atoms with Crippen molar-refractivity contribution >= 4 is 17.8 Å². The molecule has 0 radical (unpaired) electrons. The molecule has 23 heavy (non-hydrogen) atoms. The second kappa shape index (κ2) is 4.91. The van der Waals surface area contributed by atoms with Crippen LogP contribution in [0.3, 0.4) is 0 Å². The highest BCUT2D eigenvalue weighted by atomic mass is 16.2. The van der Waals surface area contributed by atoms with Crippen LogP contribution >= 0.6 is 0 Å². The molecule has 3 saturated heterocycles. The SMILES string of the molecule is O=C1c2cccc3c2[N+](=CC3)CCN1CC12CCN(CC1)CC2. The first kappa shape index (κ1) is 13.7. The number of amides is 1. The Morgan fingerprint density at radius 2 is 1.87 bits per heavy atom. The summed E-state index contributed by atoms with van der Waals surface area (Å²) in [6.45, 7) is 6.43. The van der Waals surface area contributed by atoms with Crippen LogP contribution in [0.5, 0.6) is 0 Å². The molecule has 0 unspecified atom stereocenters. The number of para-hydroxylation sites is 1. The Hall–Kier alpha value is -1.68. The summed E-state index contributed by atoms with van der Waals surface area (Å²) in [5, 5.41) is 0. The lowest BCUT2D eigenvalue weighted by Gasteiger charge is -2.50. The number of benzene rings is 1. The molecule has 0 N–H and O–H groups in total. The van der Waals surface area contributed by atoms with Crippen molar-refractivity contribution in [3.63, 3.8) is 0 Å². The highest BCUT2D eigenvalue weighted by Gasteiger charge is 2.43. The third kappa shape index (κ3) is 2.08. The van der Waals surface area contributed by atoms with E-state index in [2.05, 4.69) is 26.7 Å². The molecule has 2 bridgehead atoms. The summed E-state index contributed by atoms with van der Waals surface area (Å²) in [4.78, 5) is 17.9. The summed E-state index contributed by atoms with van der Waals surface area (Å²) in [6, 6.07) is 6.23. The average molecular weight is 310 g/mol. The number of fused-ring (bicyclic) bond motifs is 3. The molecular weight excluding hydrogens is 286 g/mol. The Balaban J connectivity index is 1.46.